The number of aromatic nitrogens is 2. The highest BCUT2D eigenvalue weighted by Gasteiger charge is 2.31. The quantitative estimate of drug-likeness (QED) is 0.663. The summed E-state index contributed by atoms with van der Waals surface area (Å²) in [7, 11) is 1.50. The zero-order chi connectivity index (χ0) is 21.1. The summed E-state index contributed by atoms with van der Waals surface area (Å²) in [6.07, 6.45) is 4.81. The van der Waals surface area contributed by atoms with E-state index in [2.05, 4.69) is 15.3 Å². The molecule has 1 N–H and O–H groups in total. The Morgan fingerprint density at radius 1 is 1.13 bits per heavy atom. The predicted molar refractivity (Wildman–Crippen MR) is 110 cm³/mol. The lowest BCUT2D eigenvalue weighted by Gasteiger charge is -2.38. The van der Waals surface area contributed by atoms with Crippen LogP contribution >= 0.6 is 0 Å². The van der Waals surface area contributed by atoms with Crippen LogP contribution in [-0.2, 0) is 16.6 Å². The monoisotopic (exact) mass is 417 g/mol. The van der Waals surface area contributed by atoms with E-state index in [0.29, 0.717) is 19.0 Å². The average molecular weight is 418 g/mol. The molecular weight excluding hydrogens is 386 g/mol. The maximum Gasteiger partial charge on any atom is 0.271 e. The Kier molecular flexibility index (Phi) is 6.48. The average Bonchev–Trinajstić information content (AvgIpc) is 3.56. The second-order valence-corrected chi connectivity index (χ2v) is 8.81. The lowest BCUT2D eigenvalue weighted by atomic mass is 9.95. The molecule has 2 amide bonds. The lowest BCUT2D eigenvalue weighted by molar-refractivity contribution is -0.149. The van der Waals surface area contributed by atoms with E-state index in [1.165, 1.54) is 38.6 Å². The van der Waals surface area contributed by atoms with Crippen LogP contribution < -0.4 is 10.9 Å². The minimum absolute atomic E-state index is 0.0257. The number of likely N-dealkylation sites (tertiary alicyclic amines) is 1. The van der Waals surface area contributed by atoms with Crippen molar-refractivity contribution >= 4 is 11.8 Å². The van der Waals surface area contributed by atoms with Gasteiger partial charge in [0, 0.05) is 39.3 Å². The SMILES string of the molecule is Cn1nc(C(=O)NC[C@@H]2CN(CC3CCN(CC4CC4)CC3)C(=O)CO2)ccc1=O. The number of morpholine rings is 1. The van der Waals surface area contributed by atoms with Gasteiger partial charge in [-0.3, -0.25) is 14.4 Å². The second kappa shape index (κ2) is 9.26. The summed E-state index contributed by atoms with van der Waals surface area (Å²) < 4.78 is 6.74. The Bertz CT molecular complexity index is 829. The molecule has 1 atom stereocenters. The van der Waals surface area contributed by atoms with Crippen LogP contribution in [0.1, 0.15) is 36.2 Å². The van der Waals surface area contributed by atoms with Crippen molar-refractivity contribution in [2.75, 3.05) is 45.9 Å². The van der Waals surface area contributed by atoms with E-state index in [0.717, 1.165) is 43.1 Å². The van der Waals surface area contributed by atoms with Gasteiger partial charge in [0.05, 0.1) is 6.10 Å². The Labute approximate surface area is 176 Å². The zero-order valence-electron chi connectivity index (χ0n) is 17.6. The van der Waals surface area contributed by atoms with Crippen LogP contribution in [0.15, 0.2) is 16.9 Å². The number of amides is 2. The number of aryl methyl sites for hydroxylation is 1. The minimum Gasteiger partial charge on any atom is -0.365 e. The molecule has 0 unspecified atom stereocenters. The Balaban J connectivity index is 1.23. The van der Waals surface area contributed by atoms with Crippen LogP contribution in [-0.4, -0.2) is 83.4 Å². The molecule has 30 heavy (non-hydrogen) atoms. The van der Waals surface area contributed by atoms with E-state index in [-0.39, 0.29) is 35.8 Å². The molecule has 3 fully saturated rings. The topological polar surface area (TPSA) is 96.8 Å². The van der Waals surface area contributed by atoms with Crippen molar-refractivity contribution in [1.82, 2.24) is 24.9 Å². The van der Waals surface area contributed by atoms with Crippen LogP contribution in [0, 0.1) is 11.8 Å². The number of carbonyl (C=O) groups excluding carboxylic acids is 2. The smallest absolute Gasteiger partial charge is 0.271 e. The molecule has 2 saturated heterocycles. The Morgan fingerprint density at radius 3 is 2.57 bits per heavy atom. The van der Waals surface area contributed by atoms with Gasteiger partial charge in [0.25, 0.3) is 11.5 Å². The van der Waals surface area contributed by atoms with Gasteiger partial charge < -0.3 is 19.9 Å². The van der Waals surface area contributed by atoms with Crippen molar-refractivity contribution in [2.45, 2.75) is 31.8 Å². The molecule has 9 nitrogen and oxygen atoms in total. The van der Waals surface area contributed by atoms with Crippen molar-refractivity contribution < 1.29 is 14.3 Å². The van der Waals surface area contributed by atoms with Crippen molar-refractivity contribution in [3.05, 3.63) is 28.2 Å². The van der Waals surface area contributed by atoms with Gasteiger partial charge >= 0.3 is 0 Å². The molecule has 1 aromatic heterocycles. The fraction of sp³-hybridized carbons (Fsp3) is 0.714. The Hall–Kier alpha value is -2.26. The summed E-state index contributed by atoms with van der Waals surface area (Å²) in [5.41, 5.74) is -0.0894. The van der Waals surface area contributed by atoms with Gasteiger partial charge in [-0.1, -0.05) is 0 Å². The van der Waals surface area contributed by atoms with Gasteiger partial charge in [0.2, 0.25) is 5.91 Å². The number of nitrogens with one attached hydrogen (secondary N) is 1. The maximum absolute atomic E-state index is 12.3. The van der Waals surface area contributed by atoms with Crippen molar-refractivity contribution in [3.63, 3.8) is 0 Å². The molecule has 0 radical (unpaired) electrons. The van der Waals surface area contributed by atoms with Gasteiger partial charge in [0.15, 0.2) is 0 Å². The molecule has 1 saturated carbocycles. The number of carbonyl (C=O) groups is 2. The third-order valence-electron chi connectivity index (χ3n) is 6.30. The molecule has 0 aromatic carbocycles. The third-order valence-corrected chi connectivity index (χ3v) is 6.30. The molecule has 4 rings (SSSR count). The summed E-state index contributed by atoms with van der Waals surface area (Å²) in [5, 5.41) is 6.75. The van der Waals surface area contributed by atoms with Crippen LogP contribution in [0.25, 0.3) is 0 Å². The van der Waals surface area contributed by atoms with E-state index in [9.17, 15) is 14.4 Å². The van der Waals surface area contributed by atoms with E-state index in [1.54, 1.807) is 0 Å². The van der Waals surface area contributed by atoms with E-state index in [4.69, 9.17) is 4.74 Å². The molecule has 0 spiro atoms. The Morgan fingerprint density at radius 2 is 1.87 bits per heavy atom. The van der Waals surface area contributed by atoms with Gasteiger partial charge in [0.1, 0.15) is 12.3 Å². The number of hydrogen-bond acceptors (Lipinski definition) is 6. The van der Waals surface area contributed by atoms with Gasteiger partial charge in [-0.15, -0.1) is 0 Å². The second-order valence-electron chi connectivity index (χ2n) is 8.81. The highest BCUT2D eigenvalue weighted by Crippen LogP contribution is 2.31. The molecule has 1 aliphatic carbocycles. The van der Waals surface area contributed by atoms with Crippen molar-refractivity contribution in [3.8, 4) is 0 Å². The van der Waals surface area contributed by atoms with Gasteiger partial charge in [-0.05, 0) is 56.7 Å². The van der Waals surface area contributed by atoms with Crippen LogP contribution in [0.4, 0.5) is 0 Å². The molecule has 2 aliphatic heterocycles. The molecule has 0 bridgehead atoms. The van der Waals surface area contributed by atoms with Crippen LogP contribution in [0.5, 0.6) is 0 Å². The number of piperidine rings is 1. The summed E-state index contributed by atoms with van der Waals surface area (Å²) in [6, 6.07) is 2.72. The van der Waals surface area contributed by atoms with Crippen molar-refractivity contribution in [2.24, 2.45) is 18.9 Å². The molecule has 3 aliphatic rings. The van der Waals surface area contributed by atoms with Crippen molar-refractivity contribution in [1.29, 1.82) is 0 Å². The van der Waals surface area contributed by atoms with Gasteiger partial charge in [-0.25, -0.2) is 4.68 Å². The first kappa shape index (κ1) is 21.0. The lowest BCUT2D eigenvalue weighted by Crippen LogP contribution is -2.52. The number of hydrogen-bond donors (Lipinski definition) is 1. The fourth-order valence-electron chi connectivity index (χ4n) is 4.23. The molecular formula is C21H31N5O4. The summed E-state index contributed by atoms with van der Waals surface area (Å²) in [5.74, 6) is 1.13. The van der Waals surface area contributed by atoms with Crippen LogP contribution in [0.3, 0.4) is 0 Å². The highest BCUT2D eigenvalue weighted by atomic mass is 16.5. The molecule has 3 heterocycles. The number of ether oxygens (including phenoxy) is 1. The maximum atomic E-state index is 12.3. The third kappa shape index (κ3) is 5.46. The predicted octanol–water partition coefficient (Wildman–Crippen LogP) is -0.140. The number of nitrogens with zero attached hydrogens (tertiary/aromatic N) is 4. The first-order valence-corrected chi connectivity index (χ1v) is 10.9. The van der Waals surface area contributed by atoms with E-state index >= 15 is 0 Å². The van der Waals surface area contributed by atoms with Gasteiger partial charge in [-0.2, -0.15) is 5.10 Å². The normalized spacial score (nSPS) is 23.6. The summed E-state index contributed by atoms with van der Waals surface area (Å²) >= 11 is 0. The van der Waals surface area contributed by atoms with Crippen LogP contribution in [0.2, 0.25) is 0 Å². The standard InChI is InChI=1S/C21H31N5O4/c1-24-19(27)5-4-18(23-24)21(29)22-10-17-13-26(20(28)14-30-17)12-16-6-8-25(9-7-16)11-15-2-3-15/h4-5,15-17H,2-3,6-14H2,1H3,(H,22,29)/t17-/m1/s1. The summed E-state index contributed by atoms with van der Waals surface area (Å²) in [4.78, 5) is 40.5. The highest BCUT2D eigenvalue weighted by molar-refractivity contribution is 5.92. The summed E-state index contributed by atoms with van der Waals surface area (Å²) in [6.45, 7) is 5.12. The fourth-order valence-corrected chi connectivity index (χ4v) is 4.23. The molecule has 1 aromatic rings. The zero-order valence-corrected chi connectivity index (χ0v) is 17.6. The van der Waals surface area contributed by atoms with E-state index < -0.39 is 0 Å². The largest absolute Gasteiger partial charge is 0.365 e. The molecule has 9 heteroatoms. The first-order chi connectivity index (χ1) is 14.5. The molecule has 164 valence electrons. The van der Waals surface area contributed by atoms with E-state index in [1.807, 2.05) is 4.90 Å². The first-order valence-electron chi connectivity index (χ1n) is 10.9. The minimum atomic E-state index is -0.360. The number of rotatable bonds is 7.